The van der Waals surface area contributed by atoms with E-state index in [1.54, 1.807) is 25.1 Å². The Morgan fingerprint density at radius 2 is 1.86 bits per heavy atom. The minimum Gasteiger partial charge on any atom is -0.378 e. The van der Waals surface area contributed by atoms with E-state index in [1.807, 2.05) is 0 Å². The van der Waals surface area contributed by atoms with E-state index in [4.69, 9.17) is 5.73 Å². The van der Waals surface area contributed by atoms with Gasteiger partial charge < -0.3 is 5.73 Å². The summed E-state index contributed by atoms with van der Waals surface area (Å²) in [5, 5.41) is 26.0. The first-order chi connectivity index (χ1) is 9.84. The molecule has 9 heteroatoms. The summed E-state index contributed by atoms with van der Waals surface area (Å²) in [6, 6.07) is 5.55. The van der Waals surface area contributed by atoms with Gasteiger partial charge in [-0.2, -0.15) is 5.10 Å². The molecule has 110 valence electrons. The Bertz CT molecular complexity index is 724. The molecule has 0 aliphatic rings. The average molecular weight is 291 g/mol. The highest BCUT2D eigenvalue weighted by Gasteiger charge is 2.28. The quantitative estimate of drug-likeness (QED) is 0.678. The van der Waals surface area contributed by atoms with Crippen LogP contribution in [-0.4, -0.2) is 19.6 Å². The molecule has 1 heterocycles. The Balaban J connectivity index is 2.56. The van der Waals surface area contributed by atoms with Crippen LogP contribution in [0.4, 0.5) is 17.2 Å². The van der Waals surface area contributed by atoms with Crippen molar-refractivity contribution in [1.82, 2.24) is 9.78 Å². The summed E-state index contributed by atoms with van der Waals surface area (Å²) in [5.74, 6) is -0.122. The largest absolute Gasteiger partial charge is 0.378 e. The number of rotatable bonds is 4. The van der Waals surface area contributed by atoms with Crippen molar-refractivity contribution < 1.29 is 9.85 Å². The summed E-state index contributed by atoms with van der Waals surface area (Å²) in [4.78, 5) is 20.9. The standard InChI is InChI=1S/C12H13N5O4/c1-7-11(17(20)21)12(13)15(14-7)8(2)9-5-3-4-6-10(9)16(18)19/h3-6,8H,13H2,1-2H3. The van der Waals surface area contributed by atoms with Crippen LogP contribution in [0.3, 0.4) is 0 Å². The van der Waals surface area contributed by atoms with Gasteiger partial charge in [-0.25, -0.2) is 4.68 Å². The molecular weight excluding hydrogens is 278 g/mol. The fourth-order valence-electron chi connectivity index (χ4n) is 2.22. The van der Waals surface area contributed by atoms with Gasteiger partial charge in [-0.1, -0.05) is 18.2 Å². The van der Waals surface area contributed by atoms with E-state index in [1.165, 1.54) is 17.7 Å². The molecule has 1 unspecified atom stereocenters. The first-order valence-electron chi connectivity index (χ1n) is 6.06. The van der Waals surface area contributed by atoms with Crippen LogP contribution in [-0.2, 0) is 0 Å². The van der Waals surface area contributed by atoms with Crippen molar-refractivity contribution >= 4 is 17.2 Å². The summed E-state index contributed by atoms with van der Waals surface area (Å²) in [6.07, 6.45) is 0. The maximum absolute atomic E-state index is 11.1. The summed E-state index contributed by atoms with van der Waals surface area (Å²) in [6.45, 7) is 3.12. The number of benzene rings is 1. The molecule has 0 saturated carbocycles. The molecule has 2 N–H and O–H groups in total. The van der Waals surface area contributed by atoms with Crippen LogP contribution in [0.25, 0.3) is 0 Å². The Labute approximate surface area is 119 Å². The lowest BCUT2D eigenvalue weighted by Gasteiger charge is -2.13. The van der Waals surface area contributed by atoms with Crippen molar-refractivity contribution in [2.24, 2.45) is 0 Å². The molecule has 1 aromatic heterocycles. The van der Waals surface area contributed by atoms with Crippen molar-refractivity contribution in [2.45, 2.75) is 19.9 Å². The van der Waals surface area contributed by atoms with Gasteiger partial charge >= 0.3 is 5.69 Å². The highest BCUT2D eigenvalue weighted by Crippen LogP contribution is 2.33. The number of anilines is 1. The van der Waals surface area contributed by atoms with E-state index in [0.717, 1.165) is 0 Å². The zero-order valence-corrected chi connectivity index (χ0v) is 11.4. The minimum atomic E-state index is -0.611. The Morgan fingerprint density at radius 1 is 1.24 bits per heavy atom. The van der Waals surface area contributed by atoms with Crippen molar-refractivity contribution in [3.05, 3.63) is 55.8 Å². The number of para-hydroxylation sites is 1. The van der Waals surface area contributed by atoms with E-state index in [0.29, 0.717) is 5.56 Å². The number of nitrogen functional groups attached to an aromatic ring is 1. The zero-order chi connectivity index (χ0) is 15.7. The van der Waals surface area contributed by atoms with Gasteiger partial charge in [0.2, 0.25) is 5.82 Å². The maximum Gasteiger partial charge on any atom is 0.333 e. The number of nitro groups is 2. The smallest absolute Gasteiger partial charge is 0.333 e. The summed E-state index contributed by atoms with van der Waals surface area (Å²) in [5.41, 5.74) is 5.95. The van der Waals surface area contributed by atoms with Crippen LogP contribution in [0.15, 0.2) is 24.3 Å². The molecule has 0 spiro atoms. The third-order valence-electron chi connectivity index (χ3n) is 3.22. The molecule has 0 saturated heterocycles. The molecule has 9 nitrogen and oxygen atoms in total. The number of nitrogens with zero attached hydrogens (tertiary/aromatic N) is 4. The van der Waals surface area contributed by atoms with Crippen LogP contribution in [0.1, 0.15) is 24.2 Å². The van der Waals surface area contributed by atoms with Crippen LogP contribution in [0, 0.1) is 27.2 Å². The lowest BCUT2D eigenvalue weighted by atomic mass is 10.1. The number of hydrogen-bond donors (Lipinski definition) is 1. The van der Waals surface area contributed by atoms with E-state index in [-0.39, 0.29) is 22.9 Å². The first kappa shape index (κ1) is 14.4. The Hall–Kier alpha value is -2.97. The third kappa shape index (κ3) is 2.40. The van der Waals surface area contributed by atoms with Crippen molar-refractivity contribution in [2.75, 3.05) is 5.73 Å². The number of hydrogen-bond acceptors (Lipinski definition) is 6. The van der Waals surface area contributed by atoms with Crippen LogP contribution < -0.4 is 5.73 Å². The highest BCUT2D eigenvalue weighted by molar-refractivity contribution is 5.57. The van der Waals surface area contributed by atoms with Crippen molar-refractivity contribution in [3.63, 3.8) is 0 Å². The van der Waals surface area contributed by atoms with E-state index >= 15 is 0 Å². The first-order valence-corrected chi connectivity index (χ1v) is 6.06. The summed E-state index contributed by atoms with van der Waals surface area (Å²) in [7, 11) is 0. The van der Waals surface area contributed by atoms with Gasteiger partial charge in [0, 0.05) is 6.07 Å². The number of nitrogens with two attached hydrogens (primary N) is 1. The SMILES string of the molecule is Cc1nn(C(C)c2ccccc2[N+](=O)[O-])c(N)c1[N+](=O)[O-]. The minimum absolute atomic E-state index is 0.0831. The lowest BCUT2D eigenvalue weighted by molar-refractivity contribution is -0.385. The lowest BCUT2D eigenvalue weighted by Crippen LogP contribution is -2.13. The number of nitro benzene ring substituents is 1. The number of aromatic nitrogens is 2. The Morgan fingerprint density at radius 3 is 2.38 bits per heavy atom. The summed E-state index contributed by atoms with van der Waals surface area (Å²) >= 11 is 0. The molecule has 1 aromatic carbocycles. The van der Waals surface area contributed by atoms with Crippen LogP contribution in [0.2, 0.25) is 0 Å². The second kappa shape index (κ2) is 5.19. The van der Waals surface area contributed by atoms with Gasteiger partial charge in [0.1, 0.15) is 5.69 Å². The molecule has 0 aliphatic heterocycles. The van der Waals surface area contributed by atoms with E-state index in [2.05, 4.69) is 5.10 Å². The third-order valence-corrected chi connectivity index (χ3v) is 3.22. The second-order valence-corrected chi connectivity index (χ2v) is 4.51. The van der Waals surface area contributed by atoms with Gasteiger partial charge in [0.05, 0.1) is 21.5 Å². The molecule has 0 amide bonds. The zero-order valence-electron chi connectivity index (χ0n) is 11.4. The molecular formula is C12H13N5O4. The monoisotopic (exact) mass is 291 g/mol. The fourth-order valence-corrected chi connectivity index (χ4v) is 2.22. The second-order valence-electron chi connectivity index (χ2n) is 4.51. The van der Waals surface area contributed by atoms with E-state index < -0.39 is 15.9 Å². The molecule has 0 bridgehead atoms. The van der Waals surface area contributed by atoms with E-state index in [9.17, 15) is 20.2 Å². The average Bonchev–Trinajstić information content (AvgIpc) is 2.73. The Kier molecular flexibility index (Phi) is 3.57. The van der Waals surface area contributed by atoms with Gasteiger partial charge in [-0.15, -0.1) is 0 Å². The molecule has 0 radical (unpaired) electrons. The van der Waals surface area contributed by atoms with Crippen LogP contribution in [0.5, 0.6) is 0 Å². The molecule has 0 fully saturated rings. The predicted octanol–water partition coefficient (Wildman–Crippen LogP) is 2.20. The molecule has 0 aliphatic carbocycles. The normalized spacial score (nSPS) is 12.1. The molecule has 2 aromatic rings. The van der Waals surface area contributed by atoms with Crippen molar-refractivity contribution in [1.29, 1.82) is 0 Å². The molecule has 1 atom stereocenters. The van der Waals surface area contributed by atoms with Gasteiger partial charge in [0.15, 0.2) is 0 Å². The fraction of sp³-hybridized carbons (Fsp3) is 0.250. The van der Waals surface area contributed by atoms with Crippen molar-refractivity contribution in [3.8, 4) is 0 Å². The topological polar surface area (TPSA) is 130 Å². The highest BCUT2D eigenvalue weighted by atomic mass is 16.6. The molecule has 2 rings (SSSR count). The van der Waals surface area contributed by atoms with Crippen LogP contribution >= 0.6 is 0 Å². The molecule has 21 heavy (non-hydrogen) atoms. The predicted molar refractivity (Wildman–Crippen MR) is 74.9 cm³/mol. The van der Waals surface area contributed by atoms with Gasteiger partial charge in [0.25, 0.3) is 5.69 Å². The number of aryl methyl sites for hydroxylation is 1. The van der Waals surface area contributed by atoms with Gasteiger partial charge in [-0.05, 0) is 13.8 Å². The maximum atomic E-state index is 11.1. The van der Waals surface area contributed by atoms with Gasteiger partial charge in [-0.3, -0.25) is 20.2 Å². The summed E-state index contributed by atoms with van der Waals surface area (Å²) < 4.78 is 1.23.